The van der Waals surface area contributed by atoms with Crippen molar-refractivity contribution in [1.82, 2.24) is 4.90 Å². The Balaban J connectivity index is 2.32. The monoisotopic (exact) mass is 212 g/mol. The Hall–Kier alpha value is -0.0800. The van der Waals surface area contributed by atoms with Gasteiger partial charge in [-0.25, -0.2) is 0 Å². The highest BCUT2D eigenvalue weighted by atomic mass is 15.2. The quantitative estimate of drug-likeness (QED) is 0.627. The molecule has 0 aromatic heterocycles. The third kappa shape index (κ3) is 4.12. The van der Waals surface area contributed by atoms with Gasteiger partial charge >= 0.3 is 0 Å². The fraction of sp³-hybridized carbons (Fsp3) is 1.00. The summed E-state index contributed by atoms with van der Waals surface area (Å²) in [6.45, 7) is 6.59. The van der Waals surface area contributed by atoms with E-state index in [1.807, 2.05) is 0 Å². The third-order valence-corrected chi connectivity index (χ3v) is 3.88. The van der Waals surface area contributed by atoms with Gasteiger partial charge < -0.3 is 5.73 Å². The molecule has 1 aliphatic rings. The highest BCUT2D eigenvalue weighted by Gasteiger charge is 2.34. The Morgan fingerprint density at radius 3 is 2.47 bits per heavy atom. The first-order chi connectivity index (χ1) is 7.12. The first kappa shape index (κ1) is 13.0. The lowest BCUT2D eigenvalue weighted by molar-refractivity contribution is 0.125. The molecule has 1 rings (SSSR count). The maximum atomic E-state index is 5.95. The van der Waals surface area contributed by atoms with E-state index in [1.54, 1.807) is 0 Å². The average molecular weight is 212 g/mol. The summed E-state index contributed by atoms with van der Waals surface area (Å²) in [6.07, 6.45) is 8.11. The first-order valence-corrected chi connectivity index (χ1v) is 6.53. The molecule has 1 saturated carbocycles. The number of nitrogens with two attached hydrogens (primary N) is 1. The standard InChI is InChI=1S/C13H28N2/c1-4-5-6-9-15(3)13(2,11-14)10-12-7-8-12/h12H,4-11,14H2,1-3H3. The van der Waals surface area contributed by atoms with Crippen LogP contribution in [0.15, 0.2) is 0 Å². The van der Waals surface area contributed by atoms with Gasteiger partial charge in [-0.15, -0.1) is 0 Å². The van der Waals surface area contributed by atoms with Gasteiger partial charge in [0.15, 0.2) is 0 Å². The van der Waals surface area contributed by atoms with Crippen LogP contribution in [0.3, 0.4) is 0 Å². The second kappa shape index (κ2) is 5.86. The summed E-state index contributed by atoms with van der Waals surface area (Å²) < 4.78 is 0. The number of likely N-dealkylation sites (N-methyl/N-ethyl adjacent to an activating group) is 1. The van der Waals surface area contributed by atoms with Crippen LogP contribution >= 0.6 is 0 Å². The van der Waals surface area contributed by atoms with Gasteiger partial charge in [0, 0.05) is 12.1 Å². The molecular formula is C13H28N2. The van der Waals surface area contributed by atoms with E-state index in [2.05, 4.69) is 25.8 Å². The molecule has 0 saturated heterocycles. The van der Waals surface area contributed by atoms with Crippen molar-refractivity contribution in [2.75, 3.05) is 20.1 Å². The predicted octanol–water partition coefficient (Wildman–Crippen LogP) is 2.63. The van der Waals surface area contributed by atoms with Crippen LogP contribution in [-0.2, 0) is 0 Å². The molecule has 2 N–H and O–H groups in total. The third-order valence-electron chi connectivity index (χ3n) is 3.88. The normalized spacial score (nSPS) is 20.6. The summed E-state index contributed by atoms with van der Waals surface area (Å²) in [4.78, 5) is 2.49. The largest absolute Gasteiger partial charge is 0.329 e. The predicted molar refractivity (Wildman–Crippen MR) is 67.0 cm³/mol. The molecule has 1 unspecified atom stereocenters. The molecule has 0 aromatic carbocycles. The lowest BCUT2D eigenvalue weighted by Crippen LogP contribution is -2.50. The lowest BCUT2D eigenvalue weighted by Gasteiger charge is -2.38. The van der Waals surface area contributed by atoms with Crippen LogP contribution in [0.4, 0.5) is 0 Å². The van der Waals surface area contributed by atoms with Crippen molar-refractivity contribution in [1.29, 1.82) is 0 Å². The van der Waals surface area contributed by atoms with E-state index < -0.39 is 0 Å². The number of rotatable bonds is 8. The van der Waals surface area contributed by atoms with E-state index in [0.717, 1.165) is 12.5 Å². The summed E-state index contributed by atoms with van der Waals surface area (Å²) >= 11 is 0. The first-order valence-electron chi connectivity index (χ1n) is 6.53. The molecule has 0 bridgehead atoms. The molecule has 0 heterocycles. The van der Waals surface area contributed by atoms with E-state index in [-0.39, 0.29) is 5.54 Å². The van der Waals surface area contributed by atoms with Crippen LogP contribution in [0.5, 0.6) is 0 Å². The van der Waals surface area contributed by atoms with E-state index in [1.165, 1.54) is 45.1 Å². The van der Waals surface area contributed by atoms with Crippen molar-refractivity contribution in [2.24, 2.45) is 11.7 Å². The van der Waals surface area contributed by atoms with Gasteiger partial charge in [-0.3, -0.25) is 4.90 Å². The van der Waals surface area contributed by atoms with Gasteiger partial charge in [0.2, 0.25) is 0 Å². The summed E-state index contributed by atoms with van der Waals surface area (Å²) in [7, 11) is 2.24. The topological polar surface area (TPSA) is 29.3 Å². The Kier molecular flexibility index (Phi) is 5.07. The van der Waals surface area contributed by atoms with Crippen LogP contribution in [0.25, 0.3) is 0 Å². The molecule has 2 nitrogen and oxygen atoms in total. The zero-order chi connectivity index (χ0) is 11.3. The van der Waals surface area contributed by atoms with Crippen LogP contribution in [0.1, 0.15) is 52.4 Å². The second-order valence-corrected chi connectivity index (χ2v) is 5.48. The Bertz CT molecular complexity index is 177. The summed E-state index contributed by atoms with van der Waals surface area (Å²) in [5.41, 5.74) is 6.19. The van der Waals surface area contributed by atoms with Gasteiger partial charge in [0.1, 0.15) is 0 Å². The van der Waals surface area contributed by atoms with E-state index >= 15 is 0 Å². The Morgan fingerprint density at radius 1 is 1.33 bits per heavy atom. The van der Waals surface area contributed by atoms with Crippen molar-refractivity contribution in [2.45, 2.75) is 57.9 Å². The maximum Gasteiger partial charge on any atom is 0.0303 e. The Morgan fingerprint density at radius 2 is 2.00 bits per heavy atom. The molecule has 1 atom stereocenters. The van der Waals surface area contributed by atoms with Crippen molar-refractivity contribution in [3.8, 4) is 0 Å². The van der Waals surface area contributed by atoms with Crippen LogP contribution < -0.4 is 5.73 Å². The zero-order valence-electron chi connectivity index (χ0n) is 10.8. The molecular weight excluding hydrogens is 184 g/mol. The zero-order valence-corrected chi connectivity index (χ0v) is 10.8. The number of unbranched alkanes of at least 4 members (excludes halogenated alkanes) is 2. The van der Waals surface area contributed by atoms with Gasteiger partial charge in [0.25, 0.3) is 0 Å². The fourth-order valence-electron chi connectivity index (χ4n) is 2.21. The van der Waals surface area contributed by atoms with Crippen LogP contribution in [-0.4, -0.2) is 30.6 Å². The van der Waals surface area contributed by atoms with Crippen molar-refractivity contribution < 1.29 is 0 Å². The van der Waals surface area contributed by atoms with Crippen molar-refractivity contribution in [3.63, 3.8) is 0 Å². The average Bonchev–Trinajstić information content (AvgIpc) is 3.01. The van der Waals surface area contributed by atoms with Crippen LogP contribution in [0, 0.1) is 5.92 Å². The molecule has 15 heavy (non-hydrogen) atoms. The minimum atomic E-state index is 0.245. The highest BCUT2D eigenvalue weighted by molar-refractivity contribution is 4.91. The molecule has 2 heteroatoms. The summed E-state index contributed by atoms with van der Waals surface area (Å²) in [5.74, 6) is 0.965. The van der Waals surface area contributed by atoms with E-state index in [0.29, 0.717) is 0 Å². The summed E-state index contributed by atoms with van der Waals surface area (Å²) in [6, 6.07) is 0. The fourth-order valence-corrected chi connectivity index (χ4v) is 2.21. The molecule has 0 amide bonds. The molecule has 0 radical (unpaired) electrons. The van der Waals surface area contributed by atoms with E-state index in [4.69, 9.17) is 5.73 Å². The molecule has 0 aromatic rings. The second-order valence-electron chi connectivity index (χ2n) is 5.48. The molecule has 90 valence electrons. The van der Waals surface area contributed by atoms with Crippen LogP contribution in [0.2, 0.25) is 0 Å². The van der Waals surface area contributed by atoms with Gasteiger partial charge in [-0.05, 0) is 39.3 Å². The van der Waals surface area contributed by atoms with Gasteiger partial charge in [0.05, 0.1) is 0 Å². The maximum absolute atomic E-state index is 5.95. The van der Waals surface area contributed by atoms with Gasteiger partial charge in [-0.1, -0.05) is 32.6 Å². The lowest BCUT2D eigenvalue weighted by atomic mass is 9.92. The van der Waals surface area contributed by atoms with E-state index in [9.17, 15) is 0 Å². The number of hydrogen-bond acceptors (Lipinski definition) is 2. The minimum absolute atomic E-state index is 0.245. The highest BCUT2D eigenvalue weighted by Crippen LogP contribution is 2.38. The number of nitrogens with zero attached hydrogens (tertiary/aromatic N) is 1. The Labute approximate surface area is 95.2 Å². The SMILES string of the molecule is CCCCCN(C)C(C)(CN)CC1CC1. The molecule has 0 aliphatic heterocycles. The van der Waals surface area contributed by atoms with Crippen molar-refractivity contribution >= 4 is 0 Å². The number of hydrogen-bond donors (Lipinski definition) is 1. The van der Waals surface area contributed by atoms with Crippen molar-refractivity contribution in [3.05, 3.63) is 0 Å². The minimum Gasteiger partial charge on any atom is -0.329 e. The molecule has 1 fully saturated rings. The summed E-state index contributed by atoms with van der Waals surface area (Å²) in [5, 5.41) is 0. The van der Waals surface area contributed by atoms with Gasteiger partial charge in [-0.2, -0.15) is 0 Å². The smallest absolute Gasteiger partial charge is 0.0303 e. The molecule has 1 aliphatic carbocycles. The molecule has 0 spiro atoms.